The summed E-state index contributed by atoms with van der Waals surface area (Å²) >= 11 is 0. The average Bonchev–Trinajstić information content (AvgIpc) is 2.34. The molecule has 0 aromatic rings. The van der Waals surface area contributed by atoms with Crippen molar-refractivity contribution >= 4 is 0 Å². The number of hydrogen-bond acceptors (Lipinski definition) is 3. The van der Waals surface area contributed by atoms with Crippen molar-refractivity contribution in [3.05, 3.63) is 12.2 Å². The summed E-state index contributed by atoms with van der Waals surface area (Å²) in [7, 11) is 0. The van der Waals surface area contributed by atoms with Crippen LogP contribution in [0.25, 0.3) is 0 Å². The second-order valence-corrected chi connectivity index (χ2v) is 6.57. The highest BCUT2D eigenvalue weighted by Gasteiger charge is 2.52. The molecule has 0 bridgehead atoms. The molecule has 104 valence electrons. The van der Waals surface area contributed by atoms with Gasteiger partial charge >= 0.3 is 0 Å². The van der Waals surface area contributed by atoms with E-state index in [4.69, 9.17) is 0 Å². The Balaban J connectivity index is 2.21. The van der Waals surface area contributed by atoms with Crippen LogP contribution < -0.4 is 0 Å². The van der Waals surface area contributed by atoms with E-state index >= 15 is 0 Å². The van der Waals surface area contributed by atoms with E-state index in [0.29, 0.717) is 12.3 Å². The van der Waals surface area contributed by atoms with Gasteiger partial charge in [-0.05, 0) is 54.4 Å². The van der Waals surface area contributed by atoms with Gasteiger partial charge in [-0.2, -0.15) is 0 Å². The summed E-state index contributed by atoms with van der Waals surface area (Å²) in [6.07, 6.45) is 2.60. The summed E-state index contributed by atoms with van der Waals surface area (Å²) in [6.45, 7) is 8.28. The maximum Gasteiger partial charge on any atom is 0.0641 e. The Bertz CT molecular complexity index is 328. The zero-order chi connectivity index (χ0) is 13.5. The van der Waals surface area contributed by atoms with Gasteiger partial charge in [0.1, 0.15) is 0 Å². The fourth-order valence-electron chi connectivity index (χ4n) is 4.18. The summed E-state index contributed by atoms with van der Waals surface area (Å²) < 4.78 is 0. The molecule has 2 saturated carbocycles. The Hall–Kier alpha value is -0.380. The highest BCUT2D eigenvalue weighted by Crippen LogP contribution is 2.55. The SMILES string of the molecule is C=C(CO)[C@@H]1CCC2[C@H](O)C[C@@H](O)[C@@H](C)[C@@]2(C)C1. The van der Waals surface area contributed by atoms with Gasteiger partial charge in [-0.3, -0.25) is 0 Å². The minimum absolute atomic E-state index is 0.0435. The van der Waals surface area contributed by atoms with Crippen LogP contribution in [0.5, 0.6) is 0 Å². The molecule has 2 fully saturated rings. The molecule has 0 saturated heterocycles. The van der Waals surface area contributed by atoms with Crippen LogP contribution in [0, 0.1) is 23.2 Å². The molecule has 0 spiro atoms. The molecule has 3 nitrogen and oxygen atoms in total. The van der Waals surface area contributed by atoms with Crippen molar-refractivity contribution < 1.29 is 15.3 Å². The molecular weight excluding hydrogens is 228 g/mol. The number of rotatable bonds is 2. The Labute approximate surface area is 110 Å². The molecular formula is C15H26O3. The lowest BCUT2D eigenvalue weighted by Crippen LogP contribution is -2.54. The summed E-state index contributed by atoms with van der Waals surface area (Å²) in [4.78, 5) is 0. The lowest BCUT2D eigenvalue weighted by Gasteiger charge is -2.55. The minimum Gasteiger partial charge on any atom is -0.393 e. The highest BCUT2D eigenvalue weighted by molar-refractivity contribution is 5.09. The van der Waals surface area contributed by atoms with Gasteiger partial charge in [-0.15, -0.1) is 0 Å². The third-order valence-corrected chi connectivity index (χ3v) is 5.70. The van der Waals surface area contributed by atoms with Gasteiger partial charge in [0.05, 0.1) is 18.8 Å². The maximum absolute atomic E-state index is 10.2. The van der Waals surface area contributed by atoms with E-state index in [1.54, 1.807) is 0 Å². The molecule has 6 atom stereocenters. The zero-order valence-electron chi connectivity index (χ0n) is 11.5. The van der Waals surface area contributed by atoms with Crippen LogP contribution in [0.2, 0.25) is 0 Å². The number of hydrogen-bond donors (Lipinski definition) is 3. The smallest absolute Gasteiger partial charge is 0.0641 e. The normalized spacial score (nSPS) is 48.6. The highest BCUT2D eigenvalue weighted by atomic mass is 16.3. The van der Waals surface area contributed by atoms with Crippen LogP contribution in [0.4, 0.5) is 0 Å². The van der Waals surface area contributed by atoms with Gasteiger partial charge in [-0.25, -0.2) is 0 Å². The van der Waals surface area contributed by atoms with Gasteiger partial charge < -0.3 is 15.3 Å². The number of aliphatic hydroxyl groups excluding tert-OH is 3. The molecule has 2 aliphatic carbocycles. The van der Waals surface area contributed by atoms with E-state index in [9.17, 15) is 15.3 Å². The Morgan fingerprint density at radius 2 is 1.94 bits per heavy atom. The van der Waals surface area contributed by atoms with Gasteiger partial charge in [0.25, 0.3) is 0 Å². The monoisotopic (exact) mass is 254 g/mol. The van der Waals surface area contributed by atoms with E-state index in [2.05, 4.69) is 20.4 Å². The van der Waals surface area contributed by atoms with Crippen molar-refractivity contribution in [3.63, 3.8) is 0 Å². The van der Waals surface area contributed by atoms with Gasteiger partial charge in [0.15, 0.2) is 0 Å². The predicted molar refractivity (Wildman–Crippen MR) is 71.0 cm³/mol. The third-order valence-electron chi connectivity index (χ3n) is 5.70. The molecule has 2 aliphatic rings. The van der Waals surface area contributed by atoms with E-state index in [1.807, 2.05) is 0 Å². The standard InChI is InChI=1S/C15H26O3/c1-9(8-16)11-4-5-12-14(18)6-13(17)10(2)15(12,3)7-11/h10-14,16-18H,1,4-8H2,2-3H3/t10-,11-,12?,13-,14-,15-/m1/s1. The molecule has 3 N–H and O–H groups in total. The van der Waals surface area contributed by atoms with E-state index in [0.717, 1.165) is 24.8 Å². The first-order valence-corrected chi connectivity index (χ1v) is 7.04. The molecule has 3 heteroatoms. The van der Waals surface area contributed by atoms with Gasteiger partial charge in [0, 0.05) is 0 Å². The summed E-state index contributed by atoms with van der Waals surface area (Å²) in [6, 6.07) is 0. The number of fused-ring (bicyclic) bond motifs is 1. The van der Waals surface area contributed by atoms with Gasteiger partial charge in [0.2, 0.25) is 0 Å². The first-order chi connectivity index (χ1) is 8.40. The second kappa shape index (κ2) is 4.95. The molecule has 0 aliphatic heterocycles. The van der Waals surface area contributed by atoms with Crippen molar-refractivity contribution in [1.29, 1.82) is 0 Å². The van der Waals surface area contributed by atoms with Gasteiger partial charge in [-0.1, -0.05) is 20.4 Å². The molecule has 0 aromatic carbocycles. The van der Waals surface area contributed by atoms with Crippen LogP contribution in [0.15, 0.2) is 12.2 Å². The second-order valence-electron chi connectivity index (χ2n) is 6.57. The predicted octanol–water partition coefficient (Wildman–Crippen LogP) is 1.72. The third kappa shape index (κ3) is 2.13. The van der Waals surface area contributed by atoms with Crippen molar-refractivity contribution in [1.82, 2.24) is 0 Å². The van der Waals surface area contributed by atoms with Crippen LogP contribution >= 0.6 is 0 Å². The van der Waals surface area contributed by atoms with Crippen molar-refractivity contribution in [2.24, 2.45) is 23.2 Å². The van der Waals surface area contributed by atoms with Crippen molar-refractivity contribution in [2.75, 3.05) is 6.61 Å². The van der Waals surface area contributed by atoms with E-state index < -0.39 is 6.10 Å². The van der Waals surface area contributed by atoms with Crippen molar-refractivity contribution in [2.45, 2.75) is 51.7 Å². The van der Waals surface area contributed by atoms with Crippen LogP contribution in [-0.4, -0.2) is 34.1 Å². The lowest BCUT2D eigenvalue weighted by molar-refractivity contribution is -0.138. The molecule has 1 unspecified atom stereocenters. The maximum atomic E-state index is 10.2. The molecule has 18 heavy (non-hydrogen) atoms. The molecule has 0 amide bonds. The fraction of sp³-hybridized carbons (Fsp3) is 0.867. The largest absolute Gasteiger partial charge is 0.393 e. The lowest BCUT2D eigenvalue weighted by atomic mass is 9.52. The summed E-state index contributed by atoms with van der Waals surface area (Å²) in [5.74, 6) is 0.801. The first-order valence-electron chi connectivity index (χ1n) is 7.04. The van der Waals surface area contributed by atoms with Crippen molar-refractivity contribution in [3.8, 4) is 0 Å². The Morgan fingerprint density at radius 1 is 1.28 bits per heavy atom. The van der Waals surface area contributed by atoms with Crippen LogP contribution in [-0.2, 0) is 0 Å². The number of aliphatic hydroxyl groups is 3. The fourth-order valence-corrected chi connectivity index (χ4v) is 4.18. The Kier molecular flexibility index (Phi) is 3.86. The summed E-state index contributed by atoms with van der Waals surface area (Å²) in [5.41, 5.74) is 0.856. The zero-order valence-corrected chi connectivity index (χ0v) is 11.5. The molecule has 2 rings (SSSR count). The molecule has 0 heterocycles. The average molecular weight is 254 g/mol. The van der Waals surface area contributed by atoms with Crippen LogP contribution in [0.3, 0.4) is 0 Å². The van der Waals surface area contributed by atoms with E-state index in [-0.39, 0.29) is 30.0 Å². The topological polar surface area (TPSA) is 60.7 Å². The summed E-state index contributed by atoms with van der Waals surface area (Å²) in [5, 5.41) is 29.5. The molecule has 0 radical (unpaired) electrons. The van der Waals surface area contributed by atoms with Crippen LogP contribution in [0.1, 0.15) is 39.5 Å². The van der Waals surface area contributed by atoms with E-state index in [1.165, 1.54) is 0 Å². The Morgan fingerprint density at radius 3 is 2.56 bits per heavy atom. The first kappa shape index (κ1) is 14.0. The quantitative estimate of drug-likeness (QED) is 0.658. The molecule has 0 aromatic heterocycles. The minimum atomic E-state index is -0.414.